The van der Waals surface area contributed by atoms with Gasteiger partial charge in [0.2, 0.25) is 0 Å². The van der Waals surface area contributed by atoms with Crippen LogP contribution in [0.1, 0.15) is 0 Å². The Morgan fingerprint density at radius 2 is 0.960 bits per heavy atom. The van der Waals surface area contributed by atoms with Crippen LogP contribution in [0.2, 0.25) is 0 Å². The van der Waals surface area contributed by atoms with E-state index in [0.717, 1.165) is 13.2 Å². The van der Waals surface area contributed by atoms with Gasteiger partial charge >= 0.3 is 0 Å². The van der Waals surface area contributed by atoms with E-state index in [4.69, 9.17) is 37.9 Å². The molecule has 2 N–H and O–H groups in total. The molecule has 10 heteroatoms. The summed E-state index contributed by atoms with van der Waals surface area (Å²) in [5, 5.41) is 19.2. The van der Waals surface area contributed by atoms with Crippen molar-refractivity contribution in [2.45, 2.75) is 24.4 Å². The van der Waals surface area contributed by atoms with Crippen LogP contribution in [-0.2, 0) is 37.9 Å². The lowest BCUT2D eigenvalue weighted by atomic mass is 10.4. The molecule has 2 fully saturated rings. The number of hydrogen-bond donors (Lipinski definition) is 2. The SMILES string of the molecule is OC(COCOCC(O)COCOCC1CO1)COCOCC1CO1. The summed E-state index contributed by atoms with van der Waals surface area (Å²) in [6.45, 7) is 3.00. The Balaban J connectivity index is 1.27. The second kappa shape index (κ2) is 12.9. The number of aliphatic hydroxyl groups excluding tert-OH is 2. The molecule has 0 aromatic rings. The van der Waals surface area contributed by atoms with Crippen LogP contribution >= 0.6 is 0 Å². The molecule has 4 unspecified atom stereocenters. The third kappa shape index (κ3) is 12.6. The van der Waals surface area contributed by atoms with Gasteiger partial charge in [0.05, 0.1) is 52.9 Å². The van der Waals surface area contributed by atoms with Crippen LogP contribution in [0, 0.1) is 0 Å². The van der Waals surface area contributed by atoms with Gasteiger partial charge in [0.1, 0.15) is 44.8 Å². The van der Waals surface area contributed by atoms with Gasteiger partial charge < -0.3 is 48.1 Å². The first-order chi connectivity index (χ1) is 12.2. The monoisotopic (exact) mass is 368 g/mol. The highest BCUT2D eigenvalue weighted by Crippen LogP contribution is 2.08. The molecule has 0 saturated carbocycles. The van der Waals surface area contributed by atoms with Crippen LogP contribution in [-0.4, -0.2) is 108 Å². The Kier molecular flexibility index (Phi) is 10.8. The average molecular weight is 368 g/mol. The minimum absolute atomic E-state index is 0.0425. The Morgan fingerprint density at radius 3 is 1.28 bits per heavy atom. The third-order valence-corrected chi connectivity index (χ3v) is 3.15. The molecule has 10 nitrogen and oxygen atoms in total. The van der Waals surface area contributed by atoms with Gasteiger partial charge in [-0.1, -0.05) is 0 Å². The summed E-state index contributed by atoms with van der Waals surface area (Å²) in [4.78, 5) is 0. The van der Waals surface area contributed by atoms with Crippen molar-refractivity contribution < 1.29 is 48.1 Å². The quantitative estimate of drug-likeness (QED) is 0.168. The number of hydrogen-bond acceptors (Lipinski definition) is 10. The molecule has 148 valence electrons. The first-order valence-electron chi connectivity index (χ1n) is 8.30. The third-order valence-electron chi connectivity index (χ3n) is 3.15. The van der Waals surface area contributed by atoms with Crippen molar-refractivity contribution in [1.29, 1.82) is 0 Å². The molecule has 0 spiro atoms. The highest BCUT2D eigenvalue weighted by Gasteiger charge is 2.22. The topological polar surface area (TPSA) is 121 Å². The fourth-order valence-electron chi connectivity index (χ4n) is 1.70. The van der Waals surface area contributed by atoms with Crippen molar-refractivity contribution >= 4 is 0 Å². The zero-order valence-electron chi connectivity index (χ0n) is 14.2. The van der Waals surface area contributed by atoms with E-state index in [1.165, 1.54) is 0 Å². The molecule has 0 radical (unpaired) electrons. The molecule has 2 saturated heterocycles. The van der Waals surface area contributed by atoms with E-state index in [9.17, 15) is 10.2 Å². The summed E-state index contributed by atoms with van der Waals surface area (Å²) in [5.41, 5.74) is 0. The molecule has 25 heavy (non-hydrogen) atoms. The fraction of sp³-hybridized carbons (Fsp3) is 1.00. The summed E-state index contributed by atoms with van der Waals surface area (Å²) in [7, 11) is 0. The van der Waals surface area contributed by atoms with E-state index in [2.05, 4.69) is 0 Å². The van der Waals surface area contributed by atoms with Gasteiger partial charge in [0.15, 0.2) is 0 Å². The highest BCUT2D eigenvalue weighted by atomic mass is 16.7. The lowest BCUT2D eigenvalue weighted by molar-refractivity contribution is -0.133. The van der Waals surface area contributed by atoms with Gasteiger partial charge in [0, 0.05) is 0 Å². The van der Waals surface area contributed by atoms with E-state index in [1.54, 1.807) is 0 Å². The lowest BCUT2D eigenvalue weighted by Crippen LogP contribution is -2.26. The van der Waals surface area contributed by atoms with Crippen LogP contribution in [0.25, 0.3) is 0 Å². The fourth-order valence-corrected chi connectivity index (χ4v) is 1.70. The molecule has 0 amide bonds. The van der Waals surface area contributed by atoms with Crippen LogP contribution in [0.4, 0.5) is 0 Å². The molecule has 2 rings (SSSR count). The first-order valence-corrected chi connectivity index (χ1v) is 8.30. The Hall–Kier alpha value is -0.400. The van der Waals surface area contributed by atoms with Crippen LogP contribution in [0.3, 0.4) is 0 Å². The van der Waals surface area contributed by atoms with Crippen molar-refractivity contribution in [3.63, 3.8) is 0 Å². The van der Waals surface area contributed by atoms with Gasteiger partial charge in [-0.25, -0.2) is 0 Å². The summed E-state index contributed by atoms with van der Waals surface area (Å²) >= 11 is 0. The number of ether oxygens (including phenoxy) is 8. The summed E-state index contributed by atoms with van der Waals surface area (Å²) in [6, 6.07) is 0. The Bertz CT molecular complexity index is 293. The molecule has 2 heterocycles. The van der Waals surface area contributed by atoms with Crippen molar-refractivity contribution in [3.05, 3.63) is 0 Å². The molecule has 0 bridgehead atoms. The molecule has 2 aliphatic heterocycles. The number of epoxide rings is 2. The van der Waals surface area contributed by atoms with Crippen molar-refractivity contribution in [1.82, 2.24) is 0 Å². The van der Waals surface area contributed by atoms with E-state index >= 15 is 0 Å². The molecule has 0 aromatic carbocycles. The van der Waals surface area contributed by atoms with Crippen molar-refractivity contribution in [2.24, 2.45) is 0 Å². The molecular formula is C15H28O10. The van der Waals surface area contributed by atoms with Gasteiger partial charge in [-0.2, -0.15) is 0 Å². The summed E-state index contributed by atoms with van der Waals surface area (Å²) in [6.07, 6.45) is -1.16. The minimum Gasteiger partial charge on any atom is -0.388 e. The smallest absolute Gasteiger partial charge is 0.146 e. The minimum atomic E-state index is -0.773. The number of aliphatic hydroxyl groups is 2. The first kappa shape index (κ1) is 20.9. The van der Waals surface area contributed by atoms with E-state index in [-0.39, 0.29) is 59.0 Å². The van der Waals surface area contributed by atoms with Gasteiger partial charge in [-0.15, -0.1) is 0 Å². The standard InChI is InChI=1S/C15H28O10/c16-12(3-20-10-22-5-14-7-24-14)1-18-9-19-2-13(17)4-21-11-23-6-15-8-25-15/h12-17H,1-11H2. The Labute approximate surface area is 146 Å². The van der Waals surface area contributed by atoms with Gasteiger partial charge in [-0.3, -0.25) is 0 Å². The maximum absolute atomic E-state index is 9.61. The second-order valence-corrected chi connectivity index (χ2v) is 5.80. The maximum atomic E-state index is 9.61. The average Bonchev–Trinajstić information content (AvgIpc) is 3.48. The lowest BCUT2D eigenvalue weighted by Gasteiger charge is -2.14. The van der Waals surface area contributed by atoms with E-state index < -0.39 is 12.2 Å². The van der Waals surface area contributed by atoms with Gasteiger partial charge in [0.25, 0.3) is 0 Å². The number of rotatable bonds is 18. The maximum Gasteiger partial charge on any atom is 0.146 e. The largest absolute Gasteiger partial charge is 0.388 e. The Morgan fingerprint density at radius 1 is 0.640 bits per heavy atom. The molecule has 4 atom stereocenters. The second-order valence-electron chi connectivity index (χ2n) is 5.80. The van der Waals surface area contributed by atoms with Crippen LogP contribution in [0.5, 0.6) is 0 Å². The van der Waals surface area contributed by atoms with Crippen molar-refractivity contribution in [2.75, 3.05) is 73.2 Å². The molecular weight excluding hydrogens is 340 g/mol. The molecule has 2 aliphatic rings. The zero-order chi connectivity index (χ0) is 17.7. The zero-order valence-corrected chi connectivity index (χ0v) is 14.2. The van der Waals surface area contributed by atoms with Crippen LogP contribution in [0.15, 0.2) is 0 Å². The van der Waals surface area contributed by atoms with Crippen molar-refractivity contribution in [3.8, 4) is 0 Å². The normalized spacial score (nSPS) is 24.2. The molecule has 0 aliphatic carbocycles. The summed E-state index contributed by atoms with van der Waals surface area (Å²) < 4.78 is 40.8. The van der Waals surface area contributed by atoms with E-state index in [1.807, 2.05) is 0 Å². The molecule has 0 aromatic heterocycles. The van der Waals surface area contributed by atoms with Crippen LogP contribution < -0.4 is 0 Å². The summed E-state index contributed by atoms with van der Waals surface area (Å²) in [5.74, 6) is 0. The predicted octanol–water partition coefficient (Wildman–Crippen LogP) is -1.52. The predicted molar refractivity (Wildman–Crippen MR) is 81.8 cm³/mol. The highest BCUT2D eigenvalue weighted by molar-refractivity contribution is 4.67. The van der Waals surface area contributed by atoms with Gasteiger partial charge in [-0.05, 0) is 0 Å². The van der Waals surface area contributed by atoms with E-state index in [0.29, 0.717) is 13.2 Å².